The lowest BCUT2D eigenvalue weighted by atomic mass is 10.4. The number of aromatic nitrogens is 3. The lowest BCUT2D eigenvalue weighted by molar-refractivity contribution is -0.147. The molecule has 7 nitrogen and oxygen atoms in total. The molecular formula is C10H14F3N5O2S. The Morgan fingerprint density at radius 1 is 1.24 bits per heavy atom. The smallest absolute Gasteiger partial charge is 0.315 e. The Hall–Kier alpha value is -1.20. The summed E-state index contributed by atoms with van der Waals surface area (Å²) in [4.78, 5) is 0. The van der Waals surface area contributed by atoms with Gasteiger partial charge in [0.1, 0.15) is 5.82 Å². The first kappa shape index (κ1) is 14.7. The van der Waals surface area contributed by atoms with E-state index < -0.39 is 27.3 Å². The van der Waals surface area contributed by atoms with Crippen LogP contribution in [-0.4, -0.2) is 52.4 Å². The Balaban J connectivity index is 1.84. The van der Waals surface area contributed by atoms with E-state index >= 15 is 0 Å². The van der Waals surface area contributed by atoms with E-state index in [9.17, 15) is 21.6 Å². The normalized spacial score (nSPS) is 24.2. The molecule has 3 rings (SSSR count). The molecule has 1 atom stereocenters. The van der Waals surface area contributed by atoms with Gasteiger partial charge in [0.05, 0.1) is 11.8 Å². The zero-order chi connectivity index (χ0) is 15.3. The van der Waals surface area contributed by atoms with Gasteiger partial charge < -0.3 is 9.88 Å². The highest BCUT2D eigenvalue weighted by molar-refractivity contribution is 7.89. The molecule has 2 aliphatic heterocycles. The molecule has 0 aliphatic carbocycles. The summed E-state index contributed by atoms with van der Waals surface area (Å²) in [6, 6.07) is 0. The number of sulfonamides is 1. The van der Waals surface area contributed by atoms with Crippen LogP contribution >= 0.6 is 0 Å². The fourth-order valence-electron chi connectivity index (χ4n) is 2.66. The molecule has 118 valence electrons. The standard InChI is InChI=1S/C10H14F3N5O2S/c11-10(12,13)9-16-15-8-6-17(3-4-18(8)9)21(19,20)7-1-2-14-5-7/h7,14H,1-6H2. The molecule has 1 fully saturated rings. The average molecular weight is 325 g/mol. The summed E-state index contributed by atoms with van der Waals surface area (Å²) in [7, 11) is -3.52. The highest BCUT2D eigenvalue weighted by Gasteiger charge is 2.42. The van der Waals surface area contributed by atoms with Gasteiger partial charge in [0.15, 0.2) is 0 Å². The minimum absolute atomic E-state index is 0.00690. The SMILES string of the molecule is O=S(=O)(C1CCNC1)N1CCn2c(nnc2C(F)(F)F)C1. The molecule has 11 heteroatoms. The zero-order valence-electron chi connectivity index (χ0n) is 11.0. The average Bonchev–Trinajstić information content (AvgIpc) is 3.06. The first-order chi connectivity index (χ1) is 9.80. The van der Waals surface area contributed by atoms with Gasteiger partial charge in [-0.2, -0.15) is 17.5 Å². The maximum absolute atomic E-state index is 12.7. The largest absolute Gasteiger partial charge is 0.451 e. The molecule has 1 saturated heterocycles. The van der Waals surface area contributed by atoms with Gasteiger partial charge in [-0.3, -0.25) is 0 Å². The minimum Gasteiger partial charge on any atom is -0.315 e. The summed E-state index contributed by atoms with van der Waals surface area (Å²) < 4.78 is 65.1. The van der Waals surface area contributed by atoms with E-state index in [-0.39, 0.29) is 25.5 Å². The lowest BCUT2D eigenvalue weighted by Gasteiger charge is -2.29. The first-order valence-corrected chi connectivity index (χ1v) is 7.99. The molecular weight excluding hydrogens is 311 g/mol. The molecule has 1 aromatic heterocycles. The van der Waals surface area contributed by atoms with Crippen molar-refractivity contribution in [3.8, 4) is 0 Å². The first-order valence-electron chi connectivity index (χ1n) is 6.49. The van der Waals surface area contributed by atoms with E-state index in [1.165, 1.54) is 4.31 Å². The molecule has 2 aliphatic rings. The van der Waals surface area contributed by atoms with Crippen molar-refractivity contribution in [2.24, 2.45) is 0 Å². The Kier molecular flexibility index (Phi) is 3.45. The van der Waals surface area contributed by atoms with Crippen LogP contribution in [0.3, 0.4) is 0 Å². The number of alkyl halides is 3. The van der Waals surface area contributed by atoms with E-state index in [1.807, 2.05) is 0 Å². The highest BCUT2D eigenvalue weighted by Crippen LogP contribution is 2.30. The molecule has 0 spiro atoms. The van der Waals surface area contributed by atoms with E-state index in [0.29, 0.717) is 19.5 Å². The topological polar surface area (TPSA) is 80.1 Å². The second-order valence-electron chi connectivity index (χ2n) is 5.08. The third-order valence-corrected chi connectivity index (χ3v) is 6.04. The Morgan fingerprint density at radius 3 is 2.62 bits per heavy atom. The molecule has 1 unspecified atom stereocenters. The van der Waals surface area contributed by atoms with Gasteiger partial charge >= 0.3 is 6.18 Å². The quantitative estimate of drug-likeness (QED) is 0.815. The van der Waals surface area contributed by atoms with Gasteiger partial charge in [-0.25, -0.2) is 8.42 Å². The second-order valence-corrected chi connectivity index (χ2v) is 7.30. The van der Waals surface area contributed by atoms with Crippen molar-refractivity contribution in [2.75, 3.05) is 19.6 Å². The van der Waals surface area contributed by atoms with Crippen LogP contribution in [0.25, 0.3) is 0 Å². The van der Waals surface area contributed by atoms with Crippen LogP contribution in [0.4, 0.5) is 13.2 Å². The van der Waals surface area contributed by atoms with Gasteiger partial charge in [0, 0.05) is 19.6 Å². The van der Waals surface area contributed by atoms with Crippen LogP contribution < -0.4 is 5.32 Å². The van der Waals surface area contributed by atoms with Crippen molar-refractivity contribution < 1.29 is 21.6 Å². The number of rotatable bonds is 2. The van der Waals surface area contributed by atoms with Crippen molar-refractivity contribution in [1.82, 2.24) is 24.4 Å². The van der Waals surface area contributed by atoms with Crippen molar-refractivity contribution in [2.45, 2.75) is 30.9 Å². The summed E-state index contributed by atoms with van der Waals surface area (Å²) >= 11 is 0. The molecule has 21 heavy (non-hydrogen) atoms. The van der Waals surface area contributed by atoms with Gasteiger partial charge in [0.2, 0.25) is 15.8 Å². The van der Waals surface area contributed by atoms with Crippen molar-refractivity contribution in [3.63, 3.8) is 0 Å². The Labute approximate surface area is 119 Å². The van der Waals surface area contributed by atoms with E-state index in [0.717, 1.165) is 4.57 Å². The number of hydrogen-bond acceptors (Lipinski definition) is 5. The molecule has 3 heterocycles. The predicted octanol–water partition coefficient (Wildman–Crippen LogP) is -0.196. The zero-order valence-corrected chi connectivity index (χ0v) is 11.8. The molecule has 1 N–H and O–H groups in total. The number of halogens is 3. The van der Waals surface area contributed by atoms with Gasteiger partial charge in [-0.05, 0) is 13.0 Å². The van der Waals surface area contributed by atoms with Crippen molar-refractivity contribution >= 4 is 10.0 Å². The van der Waals surface area contributed by atoms with E-state index in [2.05, 4.69) is 15.5 Å². The molecule has 0 radical (unpaired) electrons. The van der Waals surface area contributed by atoms with Gasteiger partial charge in [0.25, 0.3) is 0 Å². The summed E-state index contributed by atoms with van der Waals surface area (Å²) in [5.41, 5.74) is 0. The third-order valence-electron chi connectivity index (χ3n) is 3.77. The number of nitrogens with one attached hydrogen (secondary N) is 1. The van der Waals surface area contributed by atoms with Gasteiger partial charge in [-0.15, -0.1) is 10.2 Å². The second kappa shape index (κ2) is 4.92. The number of nitrogens with zero attached hydrogens (tertiary/aromatic N) is 4. The van der Waals surface area contributed by atoms with Crippen LogP contribution in [0.2, 0.25) is 0 Å². The number of hydrogen-bond donors (Lipinski definition) is 1. The van der Waals surface area contributed by atoms with Crippen LogP contribution in [0.1, 0.15) is 18.1 Å². The molecule has 0 saturated carbocycles. The fourth-order valence-corrected chi connectivity index (χ4v) is 4.45. The van der Waals surface area contributed by atoms with Crippen LogP contribution in [0.15, 0.2) is 0 Å². The molecule has 0 bridgehead atoms. The summed E-state index contributed by atoms with van der Waals surface area (Å²) in [5.74, 6) is -1.04. The highest BCUT2D eigenvalue weighted by atomic mass is 32.2. The lowest BCUT2D eigenvalue weighted by Crippen LogP contribution is -2.44. The van der Waals surface area contributed by atoms with E-state index in [1.54, 1.807) is 0 Å². The van der Waals surface area contributed by atoms with E-state index in [4.69, 9.17) is 0 Å². The maximum Gasteiger partial charge on any atom is 0.451 e. The van der Waals surface area contributed by atoms with Crippen molar-refractivity contribution in [3.05, 3.63) is 11.6 Å². The molecule has 1 aromatic rings. The molecule has 0 amide bonds. The summed E-state index contributed by atoms with van der Waals surface area (Å²) in [6.07, 6.45) is -4.07. The minimum atomic E-state index is -4.58. The molecule has 0 aromatic carbocycles. The Morgan fingerprint density at radius 2 is 2.00 bits per heavy atom. The van der Waals surface area contributed by atoms with Crippen LogP contribution in [-0.2, 0) is 29.3 Å². The van der Waals surface area contributed by atoms with Gasteiger partial charge in [-0.1, -0.05) is 0 Å². The van der Waals surface area contributed by atoms with Crippen LogP contribution in [0.5, 0.6) is 0 Å². The summed E-state index contributed by atoms with van der Waals surface area (Å²) in [6.45, 7) is 0.761. The van der Waals surface area contributed by atoms with Crippen molar-refractivity contribution in [1.29, 1.82) is 0 Å². The third kappa shape index (κ3) is 2.53. The monoisotopic (exact) mass is 325 g/mol. The van der Waals surface area contributed by atoms with Crippen LogP contribution in [0, 0.1) is 0 Å². The maximum atomic E-state index is 12.7. The predicted molar refractivity (Wildman–Crippen MR) is 65.6 cm³/mol. The summed E-state index contributed by atoms with van der Waals surface area (Å²) in [5, 5.41) is 9.08. The number of fused-ring (bicyclic) bond motifs is 1. The fraction of sp³-hybridized carbons (Fsp3) is 0.800. The Bertz CT molecular complexity index is 636.